The van der Waals surface area contributed by atoms with Crippen LogP contribution in [-0.2, 0) is 19.6 Å². The summed E-state index contributed by atoms with van der Waals surface area (Å²) >= 11 is 0. The highest BCUT2D eigenvalue weighted by molar-refractivity contribution is 7.88. The lowest BCUT2D eigenvalue weighted by Gasteiger charge is -2.31. The molecule has 76 valence electrons. The van der Waals surface area contributed by atoms with Crippen molar-refractivity contribution in [2.75, 3.05) is 26.0 Å². The molecule has 0 amide bonds. The Hall–Kier alpha value is -0.460. The molecular formula is C7H13NO4S. The summed E-state index contributed by atoms with van der Waals surface area (Å²) in [6.07, 6.45) is 1.11. The number of nitrogens with zero attached hydrogens (tertiary/aromatic N) is 1. The van der Waals surface area contributed by atoms with Crippen LogP contribution in [0.5, 0.6) is 0 Å². The summed E-state index contributed by atoms with van der Waals surface area (Å²) < 4.78 is 28.7. The summed E-state index contributed by atoms with van der Waals surface area (Å²) in [5, 5.41) is 0. The van der Waals surface area contributed by atoms with Gasteiger partial charge in [0.2, 0.25) is 10.0 Å². The van der Waals surface area contributed by atoms with Crippen LogP contribution in [0.2, 0.25) is 0 Å². The number of carbonyl (C=O) groups excluding carboxylic acids is 1. The molecule has 0 aromatic carbocycles. The zero-order valence-corrected chi connectivity index (χ0v) is 8.50. The third-order valence-corrected chi connectivity index (χ3v) is 3.26. The molecule has 1 unspecified atom stereocenters. The molecule has 0 bridgehead atoms. The predicted molar refractivity (Wildman–Crippen MR) is 46.8 cm³/mol. The van der Waals surface area contributed by atoms with Crippen LogP contribution < -0.4 is 0 Å². The van der Waals surface area contributed by atoms with E-state index in [-0.39, 0.29) is 18.9 Å². The summed E-state index contributed by atoms with van der Waals surface area (Å²) in [6.45, 7) is 2.17. The Balaban J connectivity index is 2.86. The number of Topliss-reactive ketones (excluding diaryl/α,β-unsaturated/α-hetero) is 1. The number of morpholine rings is 1. The van der Waals surface area contributed by atoms with Gasteiger partial charge in [-0.3, -0.25) is 4.79 Å². The van der Waals surface area contributed by atoms with Crippen molar-refractivity contribution in [3.05, 3.63) is 0 Å². The Morgan fingerprint density at radius 1 is 1.54 bits per heavy atom. The molecule has 0 saturated carbocycles. The molecule has 1 aliphatic heterocycles. The standard InChI is InChI=1S/C7H13NO4S/c1-6(9)7-5-12-4-3-8(7)13(2,10)11/h7H,3-5H2,1-2H3. The average Bonchev–Trinajstić information content (AvgIpc) is 2.03. The smallest absolute Gasteiger partial charge is 0.212 e. The van der Waals surface area contributed by atoms with Crippen molar-refractivity contribution in [1.29, 1.82) is 0 Å². The van der Waals surface area contributed by atoms with E-state index in [9.17, 15) is 13.2 Å². The van der Waals surface area contributed by atoms with Gasteiger partial charge in [-0.15, -0.1) is 0 Å². The fourth-order valence-electron chi connectivity index (χ4n) is 1.31. The van der Waals surface area contributed by atoms with E-state index in [0.717, 1.165) is 6.26 Å². The summed E-state index contributed by atoms with van der Waals surface area (Å²) in [4.78, 5) is 11.1. The van der Waals surface area contributed by atoms with Crippen molar-refractivity contribution in [3.63, 3.8) is 0 Å². The number of sulfonamides is 1. The van der Waals surface area contributed by atoms with Gasteiger partial charge in [-0.05, 0) is 6.92 Å². The van der Waals surface area contributed by atoms with Gasteiger partial charge in [0.1, 0.15) is 11.8 Å². The molecule has 1 saturated heterocycles. The Morgan fingerprint density at radius 3 is 2.54 bits per heavy atom. The van der Waals surface area contributed by atoms with Crippen LogP contribution in [0.25, 0.3) is 0 Å². The normalized spacial score (nSPS) is 25.8. The number of rotatable bonds is 2. The van der Waals surface area contributed by atoms with Gasteiger partial charge < -0.3 is 4.74 Å². The van der Waals surface area contributed by atoms with E-state index in [4.69, 9.17) is 4.74 Å². The summed E-state index contributed by atoms with van der Waals surface area (Å²) in [5.41, 5.74) is 0. The Morgan fingerprint density at radius 2 is 2.15 bits per heavy atom. The van der Waals surface area contributed by atoms with E-state index in [1.54, 1.807) is 0 Å². The van der Waals surface area contributed by atoms with Gasteiger partial charge in [0.25, 0.3) is 0 Å². The Bertz CT molecular complexity index is 298. The second-order valence-corrected chi connectivity index (χ2v) is 5.01. The van der Waals surface area contributed by atoms with E-state index in [1.165, 1.54) is 11.2 Å². The maximum Gasteiger partial charge on any atom is 0.212 e. The molecular weight excluding hydrogens is 194 g/mol. The maximum absolute atomic E-state index is 11.2. The first-order chi connectivity index (χ1) is 5.93. The first-order valence-electron chi connectivity index (χ1n) is 3.98. The summed E-state index contributed by atoms with van der Waals surface area (Å²) in [7, 11) is -3.29. The van der Waals surface area contributed by atoms with E-state index in [2.05, 4.69) is 0 Å². The number of carbonyl (C=O) groups is 1. The first kappa shape index (κ1) is 10.6. The second-order valence-electron chi connectivity index (χ2n) is 3.08. The van der Waals surface area contributed by atoms with Crippen LogP contribution in [0, 0.1) is 0 Å². The number of ether oxygens (including phenoxy) is 1. The highest BCUT2D eigenvalue weighted by Gasteiger charge is 2.32. The van der Waals surface area contributed by atoms with E-state index in [1.807, 2.05) is 0 Å². The van der Waals surface area contributed by atoms with Gasteiger partial charge in [0, 0.05) is 6.54 Å². The second kappa shape index (κ2) is 3.73. The first-order valence-corrected chi connectivity index (χ1v) is 5.83. The fourth-order valence-corrected chi connectivity index (χ4v) is 2.38. The van der Waals surface area contributed by atoms with E-state index in [0.29, 0.717) is 6.61 Å². The molecule has 1 rings (SSSR count). The van der Waals surface area contributed by atoms with Crippen molar-refractivity contribution in [2.24, 2.45) is 0 Å². The van der Waals surface area contributed by atoms with Crippen molar-refractivity contribution >= 4 is 15.8 Å². The van der Waals surface area contributed by atoms with Crippen molar-refractivity contribution in [1.82, 2.24) is 4.31 Å². The van der Waals surface area contributed by atoms with Gasteiger partial charge in [-0.2, -0.15) is 4.31 Å². The number of hydrogen-bond acceptors (Lipinski definition) is 4. The molecule has 0 aromatic heterocycles. The van der Waals surface area contributed by atoms with Crippen molar-refractivity contribution in [2.45, 2.75) is 13.0 Å². The van der Waals surface area contributed by atoms with E-state index < -0.39 is 16.1 Å². The van der Waals surface area contributed by atoms with Gasteiger partial charge >= 0.3 is 0 Å². The molecule has 0 spiro atoms. The number of ketones is 1. The fraction of sp³-hybridized carbons (Fsp3) is 0.857. The molecule has 0 radical (unpaired) electrons. The Labute approximate surface area is 77.7 Å². The minimum Gasteiger partial charge on any atom is -0.378 e. The van der Waals surface area contributed by atoms with Crippen LogP contribution in [-0.4, -0.2) is 50.6 Å². The molecule has 1 aliphatic rings. The Kier molecular flexibility index (Phi) is 3.05. The predicted octanol–water partition coefficient (Wildman–Crippen LogP) is -0.764. The summed E-state index contributed by atoms with van der Waals surface area (Å²) in [5.74, 6) is -0.176. The van der Waals surface area contributed by atoms with Gasteiger partial charge in [-0.1, -0.05) is 0 Å². The van der Waals surface area contributed by atoms with Crippen molar-refractivity contribution < 1.29 is 17.9 Å². The zero-order chi connectivity index (χ0) is 10.1. The molecule has 6 heteroatoms. The van der Waals surface area contributed by atoms with Gasteiger partial charge in [0.05, 0.1) is 19.5 Å². The highest BCUT2D eigenvalue weighted by Crippen LogP contribution is 2.11. The third kappa shape index (κ3) is 2.49. The number of hydrogen-bond donors (Lipinski definition) is 0. The minimum absolute atomic E-state index is 0.169. The molecule has 0 aromatic rings. The van der Waals surface area contributed by atoms with Crippen LogP contribution in [0.15, 0.2) is 0 Å². The molecule has 1 heterocycles. The largest absolute Gasteiger partial charge is 0.378 e. The van der Waals surface area contributed by atoms with Crippen LogP contribution in [0.1, 0.15) is 6.92 Å². The molecule has 1 atom stereocenters. The lowest BCUT2D eigenvalue weighted by atomic mass is 10.2. The third-order valence-electron chi connectivity index (χ3n) is 1.97. The SMILES string of the molecule is CC(=O)C1COCCN1S(C)(=O)=O. The average molecular weight is 207 g/mol. The van der Waals surface area contributed by atoms with Crippen molar-refractivity contribution in [3.8, 4) is 0 Å². The molecule has 0 aliphatic carbocycles. The van der Waals surface area contributed by atoms with Gasteiger partial charge in [0.15, 0.2) is 0 Å². The molecule has 5 nitrogen and oxygen atoms in total. The maximum atomic E-state index is 11.2. The molecule has 13 heavy (non-hydrogen) atoms. The van der Waals surface area contributed by atoms with E-state index >= 15 is 0 Å². The van der Waals surface area contributed by atoms with Crippen LogP contribution in [0.3, 0.4) is 0 Å². The lowest BCUT2D eigenvalue weighted by molar-refractivity contribution is -0.124. The quantitative estimate of drug-likeness (QED) is 0.597. The molecule has 0 N–H and O–H groups in total. The van der Waals surface area contributed by atoms with Gasteiger partial charge in [-0.25, -0.2) is 8.42 Å². The zero-order valence-electron chi connectivity index (χ0n) is 7.69. The summed E-state index contributed by atoms with van der Waals surface area (Å²) in [6, 6.07) is -0.635. The monoisotopic (exact) mass is 207 g/mol. The minimum atomic E-state index is -3.29. The molecule has 1 fully saturated rings. The van der Waals surface area contributed by atoms with Crippen LogP contribution in [0.4, 0.5) is 0 Å². The lowest BCUT2D eigenvalue weighted by Crippen LogP contribution is -2.51. The van der Waals surface area contributed by atoms with Crippen LogP contribution >= 0.6 is 0 Å². The topological polar surface area (TPSA) is 63.7 Å². The highest BCUT2D eigenvalue weighted by atomic mass is 32.2.